The van der Waals surface area contributed by atoms with Gasteiger partial charge in [0.1, 0.15) is 5.82 Å². The molecule has 1 aromatic heterocycles. The zero-order chi connectivity index (χ0) is 19.0. The van der Waals surface area contributed by atoms with E-state index in [1.165, 1.54) is 0 Å². The number of primary amides is 1. The van der Waals surface area contributed by atoms with Gasteiger partial charge in [-0.2, -0.15) is 0 Å². The summed E-state index contributed by atoms with van der Waals surface area (Å²) in [6.07, 6.45) is 3.53. The standard InChI is InChI=1S/C20H27N5O2/c1-23-17-7-3-2-6-16(17)22-18(23)14-8-11-24(12-9-14)19(26)15-5-4-10-25(13-15)20(21)27/h2-3,6-7,14-15H,4-5,8-13H2,1H3,(H2,21,27)/t15-/m1/s1. The predicted molar refractivity (Wildman–Crippen MR) is 103 cm³/mol. The number of aryl methyl sites for hydroxylation is 1. The number of nitrogens with two attached hydrogens (primary N) is 1. The molecule has 2 aliphatic heterocycles. The molecular formula is C20H27N5O2. The fourth-order valence-corrected chi connectivity index (χ4v) is 4.52. The average Bonchev–Trinajstić information content (AvgIpc) is 3.04. The minimum atomic E-state index is -0.423. The molecule has 27 heavy (non-hydrogen) atoms. The van der Waals surface area contributed by atoms with E-state index in [0.29, 0.717) is 19.0 Å². The summed E-state index contributed by atoms with van der Waals surface area (Å²) in [6, 6.07) is 7.77. The van der Waals surface area contributed by atoms with Gasteiger partial charge < -0.3 is 20.1 Å². The molecule has 0 radical (unpaired) electrons. The number of para-hydroxylation sites is 2. The molecule has 0 saturated carbocycles. The Kier molecular flexibility index (Phi) is 4.76. The third-order valence-electron chi connectivity index (χ3n) is 6.08. The van der Waals surface area contributed by atoms with Crippen molar-refractivity contribution >= 4 is 23.0 Å². The predicted octanol–water partition coefficient (Wildman–Crippen LogP) is 2.07. The summed E-state index contributed by atoms with van der Waals surface area (Å²) >= 11 is 0. The number of aromatic nitrogens is 2. The molecular weight excluding hydrogens is 342 g/mol. The van der Waals surface area contributed by atoms with Gasteiger partial charge >= 0.3 is 6.03 Å². The van der Waals surface area contributed by atoms with Crippen molar-refractivity contribution in [3.05, 3.63) is 30.1 Å². The number of urea groups is 1. The smallest absolute Gasteiger partial charge is 0.314 e. The van der Waals surface area contributed by atoms with E-state index in [2.05, 4.69) is 17.7 Å². The summed E-state index contributed by atoms with van der Waals surface area (Å²) in [5.41, 5.74) is 7.57. The highest BCUT2D eigenvalue weighted by atomic mass is 16.2. The number of carbonyl (C=O) groups is 2. The maximum absolute atomic E-state index is 12.9. The van der Waals surface area contributed by atoms with Crippen molar-refractivity contribution in [1.29, 1.82) is 0 Å². The lowest BCUT2D eigenvalue weighted by Gasteiger charge is -2.37. The molecule has 144 valence electrons. The number of carbonyl (C=O) groups excluding carboxylic acids is 2. The number of nitrogens with zero attached hydrogens (tertiary/aromatic N) is 4. The number of hydrogen-bond donors (Lipinski definition) is 1. The van der Waals surface area contributed by atoms with Crippen LogP contribution in [0.1, 0.15) is 37.4 Å². The third kappa shape index (κ3) is 3.38. The monoisotopic (exact) mass is 369 g/mol. The molecule has 7 nitrogen and oxygen atoms in total. The van der Waals surface area contributed by atoms with Crippen LogP contribution in [0.15, 0.2) is 24.3 Å². The van der Waals surface area contributed by atoms with Crippen molar-refractivity contribution < 1.29 is 9.59 Å². The fraction of sp³-hybridized carbons (Fsp3) is 0.550. The van der Waals surface area contributed by atoms with E-state index in [9.17, 15) is 9.59 Å². The lowest BCUT2D eigenvalue weighted by atomic mass is 9.92. The Balaban J connectivity index is 1.40. The molecule has 2 fully saturated rings. The minimum absolute atomic E-state index is 0.112. The maximum Gasteiger partial charge on any atom is 0.314 e. The molecule has 2 N–H and O–H groups in total. The van der Waals surface area contributed by atoms with Gasteiger partial charge in [0.05, 0.1) is 17.0 Å². The largest absolute Gasteiger partial charge is 0.351 e. The van der Waals surface area contributed by atoms with Crippen LogP contribution in [0, 0.1) is 5.92 Å². The van der Waals surface area contributed by atoms with Gasteiger partial charge in [-0.05, 0) is 37.8 Å². The Morgan fingerprint density at radius 2 is 1.81 bits per heavy atom. The second-order valence-corrected chi connectivity index (χ2v) is 7.74. The summed E-state index contributed by atoms with van der Waals surface area (Å²) in [4.78, 5) is 32.7. The van der Waals surface area contributed by atoms with Crippen LogP contribution < -0.4 is 5.73 Å². The highest BCUT2D eigenvalue weighted by Gasteiger charge is 2.33. The summed E-state index contributed by atoms with van der Waals surface area (Å²) in [5, 5.41) is 0. The first-order valence-electron chi connectivity index (χ1n) is 9.79. The fourth-order valence-electron chi connectivity index (χ4n) is 4.52. The molecule has 2 aromatic rings. The lowest BCUT2D eigenvalue weighted by molar-refractivity contribution is -0.138. The van der Waals surface area contributed by atoms with Gasteiger partial charge in [0, 0.05) is 39.1 Å². The quantitative estimate of drug-likeness (QED) is 0.879. The van der Waals surface area contributed by atoms with Gasteiger partial charge in [0.2, 0.25) is 5.91 Å². The van der Waals surface area contributed by atoms with Gasteiger partial charge in [-0.1, -0.05) is 12.1 Å². The number of amides is 3. The lowest BCUT2D eigenvalue weighted by Crippen LogP contribution is -2.49. The van der Waals surface area contributed by atoms with E-state index in [1.807, 2.05) is 23.1 Å². The molecule has 3 heterocycles. The normalized spacial score (nSPS) is 21.6. The van der Waals surface area contributed by atoms with Crippen LogP contribution >= 0.6 is 0 Å². The molecule has 1 atom stereocenters. The van der Waals surface area contributed by atoms with Crippen LogP contribution in [-0.2, 0) is 11.8 Å². The van der Waals surface area contributed by atoms with Gasteiger partial charge in [-0.25, -0.2) is 9.78 Å². The van der Waals surface area contributed by atoms with Crippen LogP contribution in [-0.4, -0.2) is 57.5 Å². The molecule has 2 saturated heterocycles. The zero-order valence-corrected chi connectivity index (χ0v) is 15.8. The Morgan fingerprint density at radius 1 is 1.07 bits per heavy atom. The van der Waals surface area contributed by atoms with E-state index in [-0.39, 0.29) is 11.8 Å². The first-order chi connectivity index (χ1) is 13.0. The Hall–Kier alpha value is -2.57. The SMILES string of the molecule is Cn1c(C2CCN(C(=O)[C@@H]3CCCN(C(N)=O)C3)CC2)nc2ccccc21. The minimum Gasteiger partial charge on any atom is -0.351 e. The van der Waals surface area contributed by atoms with Gasteiger partial charge in [0.15, 0.2) is 0 Å². The van der Waals surface area contributed by atoms with E-state index in [1.54, 1.807) is 4.90 Å². The van der Waals surface area contributed by atoms with E-state index in [0.717, 1.165) is 55.6 Å². The summed E-state index contributed by atoms with van der Waals surface area (Å²) in [6.45, 7) is 2.62. The molecule has 0 unspecified atom stereocenters. The van der Waals surface area contributed by atoms with E-state index >= 15 is 0 Å². The van der Waals surface area contributed by atoms with Crippen molar-refractivity contribution in [3.63, 3.8) is 0 Å². The topological polar surface area (TPSA) is 84.5 Å². The number of imidazole rings is 1. The first kappa shape index (κ1) is 17.8. The number of likely N-dealkylation sites (tertiary alicyclic amines) is 2. The zero-order valence-electron chi connectivity index (χ0n) is 15.8. The average molecular weight is 369 g/mol. The van der Waals surface area contributed by atoms with Gasteiger partial charge in [-0.15, -0.1) is 0 Å². The summed E-state index contributed by atoms with van der Waals surface area (Å²) in [7, 11) is 2.07. The molecule has 4 rings (SSSR count). The Labute approximate surface area is 159 Å². The van der Waals surface area contributed by atoms with Crippen molar-refractivity contribution in [3.8, 4) is 0 Å². The molecule has 1 aromatic carbocycles. The van der Waals surface area contributed by atoms with Crippen molar-refractivity contribution in [2.45, 2.75) is 31.6 Å². The van der Waals surface area contributed by atoms with Gasteiger partial charge in [0.25, 0.3) is 0 Å². The number of benzene rings is 1. The second-order valence-electron chi connectivity index (χ2n) is 7.74. The number of rotatable bonds is 2. The molecule has 0 aliphatic carbocycles. The highest BCUT2D eigenvalue weighted by molar-refractivity contribution is 5.81. The van der Waals surface area contributed by atoms with Crippen LogP contribution in [0.2, 0.25) is 0 Å². The number of fused-ring (bicyclic) bond motifs is 1. The third-order valence-corrected chi connectivity index (χ3v) is 6.08. The number of piperidine rings is 2. The second kappa shape index (κ2) is 7.21. The number of hydrogen-bond acceptors (Lipinski definition) is 3. The Morgan fingerprint density at radius 3 is 2.52 bits per heavy atom. The molecule has 7 heteroatoms. The summed E-state index contributed by atoms with van der Waals surface area (Å²) < 4.78 is 2.18. The van der Waals surface area contributed by atoms with E-state index in [4.69, 9.17) is 10.7 Å². The van der Waals surface area contributed by atoms with Crippen LogP contribution in [0.4, 0.5) is 4.79 Å². The maximum atomic E-state index is 12.9. The highest BCUT2D eigenvalue weighted by Crippen LogP contribution is 2.30. The molecule has 2 aliphatic rings. The van der Waals surface area contributed by atoms with Crippen LogP contribution in [0.25, 0.3) is 11.0 Å². The molecule has 0 bridgehead atoms. The van der Waals surface area contributed by atoms with Crippen molar-refractivity contribution in [2.75, 3.05) is 26.2 Å². The van der Waals surface area contributed by atoms with E-state index < -0.39 is 6.03 Å². The van der Waals surface area contributed by atoms with Crippen LogP contribution in [0.5, 0.6) is 0 Å². The Bertz CT molecular complexity index is 853. The molecule has 3 amide bonds. The molecule has 0 spiro atoms. The van der Waals surface area contributed by atoms with Gasteiger partial charge in [-0.3, -0.25) is 4.79 Å². The first-order valence-corrected chi connectivity index (χ1v) is 9.79. The van der Waals surface area contributed by atoms with Crippen molar-refractivity contribution in [1.82, 2.24) is 19.4 Å². The van der Waals surface area contributed by atoms with Crippen LogP contribution in [0.3, 0.4) is 0 Å². The summed E-state index contributed by atoms with van der Waals surface area (Å²) in [5.74, 6) is 1.55. The van der Waals surface area contributed by atoms with Crippen molar-refractivity contribution in [2.24, 2.45) is 18.7 Å².